The molecule has 1 aromatic rings. The Kier molecular flexibility index (Phi) is 3.27. The van der Waals surface area contributed by atoms with Crippen LogP contribution in [0.25, 0.3) is 0 Å². The SMILES string of the molecule is ClPOc1ccc(Cl)cc1. The van der Waals surface area contributed by atoms with Crippen LogP contribution in [0.2, 0.25) is 5.02 Å². The molecule has 1 atom stereocenters. The van der Waals surface area contributed by atoms with Gasteiger partial charge in [0.05, 0.1) is 0 Å². The molecule has 0 saturated carbocycles. The van der Waals surface area contributed by atoms with Crippen LogP contribution >= 0.6 is 31.0 Å². The zero-order chi connectivity index (χ0) is 7.40. The fourth-order valence-corrected chi connectivity index (χ4v) is 1.17. The molecule has 1 aromatic carbocycles. The molecule has 0 aromatic heterocycles. The lowest BCUT2D eigenvalue weighted by atomic mass is 10.3. The van der Waals surface area contributed by atoms with Gasteiger partial charge in [-0.3, -0.25) is 0 Å². The summed E-state index contributed by atoms with van der Waals surface area (Å²) in [6.45, 7) is 0. The van der Waals surface area contributed by atoms with Gasteiger partial charge in [-0.1, -0.05) is 22.8 Å². The quantitative estimate of drug-likeness (QED) is 0.656. The zero-order valence-electron chi connectivity index (χ0n) is 4.97. The van der Waals surface area contributed by atoms with Crippen LogP contribution < -0.4 is 4.52 Å². The highest BCUT2D eigenvalue weighted by molar-refractivity contribution is 7.64. The minimum absolute atomic E-state index is 0.0389. The average molecular weight is 195 g/mol. The molecule has 1 unspecified atom stereocenters. The Balaban J connectivity index is 2.69. The molecular weight excluding hydrogens is 190 g/mol. The summed E-state index contributed by atoms with van der Waals surface area (Å²) in [7, 11) is -0.0389. The van der Waals surface area contributed by atoms with Gasteiger partial charge in [0.1, 0.15) is 5.75 Å². The van der Waals surface area contributed by atoms with Gasteiger partial charge in [0.2, 0.25) is 0 Å². The Labute approximate surface area is 70.9 Å². The Morgan fingerprint density at radius 1 is 1.20 bits per heavy atom. The second kappa shape index (κ2) is 4.02. The molecule has 4 heteroatoms. The van der Waals surface area contributed by atoms with E-state index in [0.29, 0.717) is 5.02 Å². The van der Waals surface area contributed by atoms with E-state index in [1.807, 2.05) is 0 Å². The van der Waals surface area contributed by atoms with Crippen molar-refractivity contribution in [3.05, 3.63) is 29.3 Å². The van der Waals surface area contributed by atoms with E-state index in [2.05, 4.69) is 0 Å². The van der Waals surface area contributed by atoms with Gasteiger partial charge in [-0.05, 0) is 24.3 Å². The first-order chi connectivity index (χ1) is 4.83. The van der Waals surface area contributed by atoms with E-state index in [0.717, 1.165) is 5.75 Å². The molecule has 1 rings (SSSR count). The fourth-order valence-electron chi connectivity index (χ4n) is 0.547. The van der Waals surface area contributed by atoms with Gasteiger partial charge in [0.15, 0.2) is 8.16 Å². The first kappa shape index (κ1) is 8.13. The smallest absolute Gasteiger partial charge is 0.168 e. The summed E-state index contributed by atoms with van der Waals surface area (Å²) in [5.74, 6) is 0.748. The van der Waals surface area contributed by atoms with Crippen LogP contribution in [-0.4, -0.2) is 0 Å². The lowest BCUT2D eigenvalue weighted by Gasteiger charge is -1.98. The van der Waals surface area contributed by atoms with Crippen molar-refractivity contribution in [2.45, 2.75) is 0 Å². The number of rotatable bonds is 2. The van der Waals surface area contributed by atoms with E-state index in [1.54, 1.807) is 24.3 Å². The number of hydrogen-bond acceptors (Lipinski definition) is 1. The van der Waals surface area contributed by atoms with E-state index in [4.69, 9.17) is 27.4 Å². The van der Waals surface area contributed by atoms with Gasteiger partial charge in [0.25, 0.3) is 0 Å². The molecule has 0 radical (unpaired) electrons. The maximum absolute atomic E-state index is 5.63. The van der Waals surface area contributed by atoms with Gasteiger partial charge >= 0.3 is 0 Å². The summed E-state index contributed by atoms with van der Waals surface area (Å²) in [5.41, 5.74) is 0. The lowest BCUT2D eigenvalue weighted by molar-refractivity contribution is 0.642. The summed E-state index contributed by atoms with van der Waals surface area (Å²) >= 11 is 11.0. The van der Waals surface area contributed by atoms with Gasteiger partial charge in [-0.25, -0.2) is 0 Å². The third-order valence-corrected chi connectivity index (χ3v) is 1.77. The van der Waals surface area contributed by atoms with E-state index in [-0.39, 0.29) is 8.16 Å². The van der Waals surface area contributed by atoms with Crippen molar-refractivity contribution in [3.63, 3.8) is 0 Å². The highest BCUT2D eigenvalue weighted by Crippen LogP contribution is 2.24. The molecule has 0 aliphatic carbocycles. The molecular formula is C6H5Cl2OP. The van der Waals surface area contributed by atoms with E-state index >= 15 is 0 Å². The van der Waals surface area contributed by atoms with Gasteiger partial charge in [0, 0.05) is 5.02 Å². The molecule has 0 spiro atoms. The largest absolute Gasteiger partial charge is 0.461 e. The Bertz CT molecular complexity index is 199. The van der Waals surface area contributed by atoms with Crippen LogP contribution in [0, 0.1) is 0 Å². The molecule has 0 saturated heterocycles. The van der Waals surface area contributed by atoms with Crippen LogP contribution in [0.4, 0.5) is 0 Å². The molecule has 0 heterocycles. The van der Waals surface area contributed by atoms with E-state index in [1.165, 1.54) is 0 Å². The van der Waals surface area contributed by atoms with Crippen molar-refractivity contribution in [1.29, 1.82) is 0 Å². The Morgan fingerprint density at radius 3 is 2.30 bits per heavy atom. The number of hydrogen-bond donors (Lipinski definition) is 0. The van der Waals surface area contributed by atoms with Crippen LogP contribution in [0.15, 0.2) is 24.3 Å². The maximum atomic E-state index is 5.63. The van der Waals surface area contributed by atoms with Crippen LogP contribution in [-0.2, 0) is 0 Å². The third kappa shape index (κ3) is 2.34. The minimum Gasteiger partial charge on any atom is -0.461 e. The molecule has 0 bridgehead atoms. The molecule has 0 aliphatic rings. The predicted molar refractivity (Wildman–Crippen MR) is 46.2 cm³/mol. The summed E-state index contributed by atoms with van der Waals surface area (Å²) < 4.78 is 5.00. The van der Waals surface area contributed by atoms with Crippen molar-refractivity contribution >= 4 is 31.0 Å². The number of benzene rings is 1. The van der Waals surface area contributed by atoms with Gasteiger partial charge in [-0.2, -0.15) is 0 Å². The predicted octanol–water partition coefficient (Wildman–Crippen LogP) is 3.47. The van der Waals surface area contributed by atoms with Crippen molar-refractivity contribution in [1.82, 2.24) is 0 Å². The molecule has 10 heavy (non-hydrogen) atoms. The molecule has 0 aliphatic heterocycles. The second-order valence-corrected chi connectivity index (χ2v) is 2.89. The number of halogens is 2. The summed E-state index contributed by atoms with van der Waals surface area (Å²) in [6.07, 6.45) is 0. The van der Waals surface area contributed by atoms with Crippen LogP contribution in [0.5, 0.6) is 5.75 Å². The zero-order valence-corrected chi connectivity index (χ0v) is 7.49. The van der Waals surface area contributed by atoms with Crippen molar-refractivity contribution in [3.8, 4) is 5.75 Å². The topological polar surface area (TPSA) is 9.23 Å². The Morgan fingerprint density at radius 2 is 1.80 bits per heavy atom. The van der Waals surface area contributed by atoms with Crippen LogP contribution in [0.1, 0.15) is 0 Å². The van der Waals surface area contributed by atoms with Crippen molar-refractivity contribution in [2.24, 2.45) is 0 Å². The normalized spacial score (nSPS) is 10.6. The first-order valence-electron chi connectivity index (χ1n) is 2.61. The Hall–Kier alpha value is 0.0300. The molecule has 0 amide bonds. The second-order valence-electron chi connectivity index (χ2n) is 1.63. The summed E-state index contributed by atoms with van der Waals surface area (Å²) in [6, 6.07) is 7.07. The maximum Gasteiger partial charge on any atom is 0.168 e. The van der Waals surface area contributed by atoms with Gasteiger partial charge < -0.3 is 4.52 Å². The molecule has 0 fully saturated rings. The van der Waals surface area contributed by atoms with Crippen molar-refractivity contribution < 1.29 is 4.52 Å². The van der Waals surface area contributed by atoms with E-state index in [9.17, 15) is 0 Å². The minimum atomic E-state index is -0.0389. The monoisotopic (exact) mass is 194 g/mol. The highest BCUT2D eigenvalue weighted by atomic mass is 35.7. The van der Waals surface area contributed by atoms with Crippen molar-refractivity contribution in [2.75, 3.05) is 0 Å². The first-order valence-corrected chi connectivity index (χ1v) is 4.91. The molecule has 54 valence electrons. The highest BCUT2D eigenvalue weighted by Gasteiger charge is 1.90. The molecule has 0 N–H and O–H groups in total. The lowest BCUT2D eigenvalue weighted by Crippen LogP contribution is -1.72. The third-order valence-electron chi connectivity index (χ3n) is 0.970. The van der Waals surface area contributed by atoms with Crippen LogP contribution in [0.3, 0.4) is 0 Å². The summed E-state index contributed by atoms with van der Waals surface area (Å²) in [5, 5.41) is 0.699. The molecule has 1 nitrogen and oxygen atoms in total. The standard InChI is InChI=1S/C6H5Cl2OP/c7-5-1-3-6(4-2-5)9-10-8/h1-4,10H. The van der Waals surface area contributed by atoms with E-state index < -0.39 is 0 Å². The average Bonchev–Trinajstić information content (AvgIpc) is 1.95. The van der Waals surface area contributed by atoms with Gasteiger partial charge in [-0.15, -0.1) is 0 Å². The summed E-state index contributed by atoms with van der Waals surface area (Å²) in [4.78, 5) is 0. The fraction of sp³-hybridized carbons (Fsp3) is 0.